The number of hydrogen-bond donors (Lipinski definition) is 2. The number of nitrogens with two attached hydrogens (primary N) is 1. The van der Waals surface area contributed by atoms with Gasteiger partial charge in [-0.2, -0.15) is 0 Å². The zero-order valence-corrected chi connectivity index (χ0v) is 11.7. The molecular formula is C12H21N3OS. The van der Waals surface area contributed by atoms with Crippen molar-refractivity contribution in [2.24, 2.45) is 11.7 Å². The van der Waals surface area contributed by atoms with Crippen molar-refractivity contribution < 1.29 is 4.79 Å². The average molecular weight is 255 g/mol. The van der Waals surface area contributed by atoms with E-state index in [1.807, 2.05) is 19.2 Å². The van der Waals surface area contributed by atoms with Crippen LogP contribution in [0.2, 0.25) is 0 Å². The Morgan fingerprint density at radius 1 is 1.47 bits per heavy atom. The molecule has 1 atom stereocenters. The summed E-state index contributed by atoms with van der Waals surface area (Å²) in [4.78, 5) is 16.1. The summed E-state index contributed by atoms with van der Waals surface area (Å²) in [5, 5.41) is 5.37. The number of amides is 1. The molecule has 0 bridgehead atoms. The molecule has 1 rings (SSSR count). The summed E-state index contributed by atoms with van der Waals surface area (Å²) in [5.74, 6) is 0.642. The van der Waals surface area contributed by atoms with E-state index < -0.39 is 6.04 Å². The van der Waals surface area contributed by atoms with Crippen molar-refractivity contribution in [1.29, 1.82) is 0 Å². The Labute approximate surface area is 107 Å². The maximum Gasteiger partial charge on any atom is 0.243 e. The van der Waals surface area contributed by atoms with E-state index in [2.05, 4.69) is 24.1 Å². The number of thiazole rings is 1. The molecule has 17 heavy (non-hydrogen) atoms. The maximum absolute atomic E-state index is 11.8. The lowest BCUT2D eigenvalue weighted by molar-refractivity contribution is -0.117. The number of nitrogens with one attached hydrogen (secondary N) is 1. The molecule has 0 aromatic carbocycles. The number of rotatable bonds is 5. The summed E-state index contributed by atoms with van der Waals surface area (Å²) in [5.41, 5.74) is 6.80. The molecule has 0 aliphatic rings. The lowest BCUT2D eigenvalue weighted by atomic mass is 10.0. The Kier molecular flexibility index (Phi) is 5.08. The van der Waals surface area contributed by atoms with Gasteiger partial charge in [0.15, 0.2) is 5.13 Å². The van der Waals surface area contributed by atoms with Gasteiger partial charge in [-0.25, -0.2) is 4.98 Å². The fraction of sp³-hybridized carbons (Fsp3) is 0.667. The van der Waals surface area contributed by atoms with Gasteiger partial charge in [0, 0.05) is 5.38 Å². The minimum atomic E-state index is -0.457. The van der Waals surface area contributed by atoms with Crippen LogP contribution < -0.4 is 11.1 Å². The second-order valence-electron chi connectivity index (χ2n) is 4.96. The van der Waals surface area contributed by atoms with E-state index in [9.17, 15) is 4.79 Å². The van der Waals surface area contributed by atoms with Crippen LogP contribution in [-0.4, -0.2) is 16.9 Å². The lowest BCUT2D eigenvalue weighted by Gasteiger charge is -2.12. The molecule has 3 N–H and O–H groups in total. The van der Waals surface area contributed by atoms with Crippen LogP contribution in [0.15, 0.2) is 5.38 Å². The van der Waals surface area contributed by atoms with Crippen LogP contribution in [0, 0.1) is 5.92 Å². The Morgan fingerprint density at radius 2 is 2.12 bits per heavy atom. The van der Waals surface area contributed by atoms with Crippen molar-refractivity contribution in [2.75, 3.05) is 5.32 Å². The number of carbonyl (C=O) groups excluding carboxylic acids is 1. The van der Waals surface area contributed by atoms with Crippen molar-refractivity contribution in [3.8, 4) is 0 Å². The molecule has 0 fully saturated rings. The molecule has 0 aliphatic carbocycles. The van der Waals surface area contributed by atoms with Gasteiger partial charge >= 0.3 is 0 Å². The predicted molar refractivity (Wildman–Crippen MR) is 72.3 cm³/mol. The van der Waals surface area contributed by atoms with Gasteiger partial charge in [-0.3, -0.25) is 4.79 Å². The summed E-state index contributed by atoms with van der Waals surface area (Å²) in [6.45, 7) is 8.25. The van der Waals surface area contributed by atoms with Crippen LogP contribution in [0.5, 0.6) is 0 Å². The minimum absolute atomic E-state index is 0.150. The van der Waals surface area contributed by atoms with E-state index in [0.717, 1.165) is 5.69 Å². The first-order chi connectivity index (χ1) is 7.90. The highest BCUT2D eigenvalue weighted by molar-refractivity contribution is 7.13. The standard InChI is InChI=1S/C12H21N3OS/c1-7(2)5-9(13)11(16)15-12-14-10(6-17-12)8(3)4/h6-9H,5,13H2,1-4H3,(H,14,15,16). The van der Waals surface area contributed by atoms with Crippen LogP contribution in [0.4, 0.5) is 5.13 Å². The van der Waals surface area contributed by atoms with Gasteiger partial charge in [-0.15, -0.1) is 11.3 Å². The highest BCUT2D eigenvalue weighted by Crippen LogP contribution is 2.21. The third kappa shape index (κ3) is 4.44. The van der Waals surface area contributed by atoms with Crippen LogP contribution in [0.1, 0.15) is 45.7 Å². The third-order valence-electron chi connectivity index (χ3n) is 2.41. The molecule has 1 heterocycles. The largest absolute Gasteiger partial charge is 0.320 e. The molecule has 0 radical (unpaired) electrons. The van der Waals surface area contributed by atoms with E-state index in [0.29, 0.717) is 23.4 Å². The van der Waals surface area contributed by atoms with Crippen LogP contribution in [0.25, 0.3) is 0 Å². The van der Waals surface area contributed by atoms with Crippen LogP contribution >= 0.6 is 11.3 Å². The number of nitrogens with zero attached hydrogens (tertiary/aromatic N) is 1. The molecule has 1 aromatic heterocycles. The molecule has 4 nitrogen and oxygen atoms in total. The average Bonchev–Trinajstić information content (AvgIpc) is 2.65. The van der Waals surface area contributed by atoms with Gasteiger partial charge in [0.1, 0.15) is 0 Å². The van der Waals surface area contributed by atoms with Gasteiger partial charge in [-0.05, 0) is 18.3 Å². The fourth-order valence-electron chi connectivity index (χ4n) is 1.42. The molecule has 1 aromatic rings. The Bertz CT molecular complexity index is 374. The third-order valence-corrected chi connectivity index (χ3v) is 3.18. The number of anilines is 1. The topological polar surface area (TPSA) is 68.0 Å². The molecule has 0 spiro atoms. The smallest absolute Gasteiger partial charge is 0.243 e. The summed E-state index contributed by atoms with van der Waals surface area (Å²) in [6, 6.07) is -0.457. The summed E-state index contributed by atoms with van der Waals surface area (Å²) >= 11 is 1.44. The normalized spacial score (nSPS) is 13.1. The second kappa shape index (κ2) is 6.12. The fourth-order valence-corrected chi connectivity index (χ4v) is 2.30. The van der Waals surface area contributed by atoms with Gasteiger partial charge in [0.2, 0.25) is 5.91 Å². The molecule has 96 valence electrons. The van der Waals surface area contributed by atoms with Crippen molar-refractivity contribution >= 4 is 22.4 Å². The van der Waals surface area contributed by atoms with Gasteiger partial charge in [0.25, 0.3) is 0 Å². The summed E-state index contributed by atoms with van der Waals surface area (Å²) in [7, 11) is 0. The molecule has 0 saturated carbocycles. The van der Waals surface area contributed by atoms with Crippen LogP contribution in [-0.2, 0) is 4.79 Å². The highest BCUT2D eigenvalue weighted by Gasteiger charge is 2.16. The Hall–Kier alpha value is -0.940. The monoisotopic (exact) mass is 255 g/mol. The summed E-state index contributed by atoms with van der Waals surface area (Å²) in [6.07, 6.45) is 0.689. The molecule has 5 heteroatoms. The molecule has 0 saturated heterocycles. The highest BCUT2D eigenvalue weighted by atomic mass is 32.1. The van der Waals surface area contributed by atoms with Gasteiger partial charge in [-0.1, -0.05) is 27.7 Å². The van der Waals surface area contributed by atoms with Crippen molar-refractivity contribution in [2.45, 2.75) is 46.1 Å². The molecule has 1 amide bonds. The first-order valence-electron chi connectivity index (χ1n) is 5.92. The molecular weight excluding hydrogens is 234 g/mol. The van der Waals surface area contributed by atoms with Crippen LogP contribution in [0.3, 0.4) is 0 Å². The lowest BCUT2D eigenvalue weighted by Crippen LogP contribution is -2.36. The van der Waals surface area contributed by atoms with E-state index in [1.54, 1.807) is 0 Å². The number of aromatic nitrogens is 1. The quantitative estimate of drug-likeness (QED) is 0.849. The van der Waals surface area contributed by atoms with Gasteiger partial charge < -0.3 is 11.1 Å². The maximum atomic E-state index is 11.8. The van der Waals surface area contributed by atoms with Crippen molar-refractivity contribution in [1.82, 2.24) is 4.98 Å². The van der Waals surface area contributed by atoms with E-state index in [-0.39, 0.29) is 5.91 Å². The van der Waals surface area contributed by atoms with Crippen molar-refractivity contribution in [3.05, 3.63) is 11.1 Å². The summed E-state index contributed by atoms with van der Waals surface area (Å²) < 4.78 is 0. The minimum Gasteiger partial charge on any atom is -0.320 e. The zero-order valence-electron chi connectivity index (χ0n) is 10.9. The first kappa shape index (κ1) is 14.1. The Morgan fingerprint density at radius 3 is 2.59 bits per heavy atom. The number of hydrogen-bond acceptors (Lipinski definition) is 4. The van der Waals surface area contributed by atoms with E-state index >= 15 is 0 Å². The van der Waals surface area contributed by atoms with Gasteiger partial charge in [0.05, 0.1) is 11.7 Å². The number of carbonyl (C=O) groups is 1. The predicted octanol–water partition coefficient (Wildman–Crippen LogP) is 2.58. The second-order valence-corrected chi connectivity index (χ2v) is 5.82. The SMILES string of the molecule is CC(C)CC(N)C(=O)Nc1nc(C(C)C)cs1. The zero-order chi connectivity index (χ0) is 13.0. The first-order valence-corrected chi connectivity index (χ1v) is 6.80. The van der Waals surface area contributed by atoms with E-state index in [4.69, 9.17) is 5.73 Å². The molecule has 0 aliphatic heterocycles. The molecule has 1 unspecified atom stereocenters. The Balaban J connectivity index is 2.55. The van der Waals surface area contributed by atoms with E-state index in [1.165, 1.54) is 11.3 Å². The van der Waals surface area contributed by atoms with Crippen molar-refractivity contribution in [3.63, 3.8) is 0 Å².